The summed E-state index contributed by atoms with van der Waals surface area (Å²) in [6.45, 7) is 1.83. The van der Waals surface area contributed by atoms with Gasteiger partial charge in [0.1, 0.15) is 5.75 Å². The maximum Gasteiger partial charge on any atom is 0.461 e. The molecule has 0 saturated carbocycles. The molecule has 0 aliphatic heterocycles. The Morgan fingerprint density at radius 1 is 1.33 bits per heavy atom. The fraction of sp³-hybridized carbons (Fsp3) is 0.455. The van der Waals surface area contributed by atoms with Gasteiger partial charge in [0, 0.05) is 6.04 Å². The van der Waals surface area contributed by atoms with Gasteiger partial charge >= 0.3 is 12.5 Å². The van der Waals surface area contributed by atoms with Gasteiger partial charge in [0.2, 0.25) is 0 Å². The van der Waals surface area contributed by atoms with E-state index in [-0.39, 0.29) is 24.2 Å². The average Bonchev–Trinajstić information content (AvgIpc) is 2.27. The van der Waals surface area contributed by atoms with E-state index in [4.69, 9.17) is 5.73 Å². The van der Waals surface area contributed by atoms with Crippen LogP contribution in [0.1, 0.15) is 24.9 Å². The highest BCUT2D eigenvalue weighted by Crippen LogP contribution is 2.29. The number of hydrogen-bond donors (Lipinski definition) is 1. The Labute approximate surface area is 109 Å². The summed E-state index contributed by atoms with van der Waals surface area (Å²) in [6, 6.07) is 5.15. The Kier molecular flexibility index (Phi) is 6.42. The van der Waals surface area contributed by atoms with Crippen LogP contribution in [0.4, 0.5) is 17.6 Å². The summed E-state index contributed by atoms with van der Waals surface area (Å²) in [7, 11) is 0. The second-order valence-electron chi connectivity index (χ2n) is 3.55. The molecule has 7 heteroatoms. The van der Waals surface area contributed by atoms with Gasteiger partial charge < -0.3 is 10.5 Å². The molecule has 1 aromatic rings. The van der Waals surface area contributed by atoms with Crippen molar-refractivity contribution in [3.63, 3.8) is 0 Å². The smallest absolute Gasteiger partial charge is 0.428 e. The van der Waals surface area contributed by atoms with Crippen molar-refractivity contribution in [3.8, 4) is 5.75 Å². The molecule has 18 heavy (non-hydrogen) atoms. The molecule has 0 spiro atoms. The highest BCUT2D eigenvalue weighted by atomic mass is 35.5. The lowest BCUT2D eigenvalue weighted by molar-refractivity contribution is -0.253. The SMILES string of the molecule is CC[C@H](N)c1cccc(OC(F)(F)C(F)F)c1.Cl. The third-order valence-corrected chi connectivity index (χ3v) is 2.23. The zero-order chi connectivity index (χ0) is 13.1. The summed E-state index contributed by atoms with van der Waals surface area (Å²) in [6.07, 6.45) is -7.75. The molecule has 0 amide bonds. The Morgan fingerprint density at radius 3 is 2.44 bits per heavy atom. The van der Waals surface area contributed by atoms with Crippen LogP contribution < -0.4 is 10.5 Å². The van der Waals surface area contributed by atoms with Crippen LogP contribution in [-0.2, 0) is 0 Å². The van der Waals surface area contributed by atoms with E-state index >= 15 is 0 Å². The van der Waals surface area contributed by atoms with Gasteiger partial charge in [-0.05, 0) is 24.1 Å². The molecule has 104 valence electrons. The highest BCUT2D eigenvalue weighted by Gasteiger charge is 2.43. The van der Waals surface area contributed by atoms with E-state index in [9.17, 15) is 17.6 Å². The van der Waals surface area contributed by atoms with Gasteiger partial charge in [0.25, 0.3) is 0 Å². The summed E-state index contributed by atoms with van der Waals surface area (Å²) in [4.78, 5) is 0. The lowest BCUT2D eigenvalue weighted by atomic mass is 10.1. The van der Waals surface area contributed by atoms with E-state index < -0.39 is 12.5 Å². The number of hydrogen-bond acceptors (Lipinski definition) is 2. The lowest BCUT2D eigenvalue weighted by Crippen LogP contribution is -2.33. The minimum atomic E-state index is -4.49. The average molecular weight is 288 g/mol. The Bertz CT molecular complexity index is 376. The molecular weight excluding hydrogens is 274 g/mol. The van der Waals surface area contributed by atoms with Crippen LogP contribution >= 0.6 is 12.4 Å². The van der Waals surface area contributed by atoms with Crippen LogP contribution in [-0.4, -0.2) is 12.5 Å². The molecular formula is C11H14ClF4NO. The van der Waals surface area contributed by atoms with Crippen molar-refractivity contribution in [1.29, 1.82) is 0 Å². The second-order valence-corrected chi connectivity index (χ2v) is 3.55. The first kappa shape index (κ1) is 17.0. The van der Waals surface area contributed by atoms with Crippen molar-refractivity contribution >= 4 is 12.4 Å². The van der Waals surface area contributed by atoms with Gasteiger partial charge in [0.15, 0.2) is 0 Å². The molecule has 2 nitrogen and oxygen atoms in total. The molecule has 0 fully saturated rings. The number of halogens is 5. The first-order valence-corrected chi connectivity index (χ1v) is 5.07. The van der Waals surface area contributed by atoms with E-state index in [1.165, 1.54) is 18.2 Å². The fourth-order valence-corrected chi connectivity index (χ4v) is 1.25. The van der Waals surface area contributed by atoms with Crippen LogP contribution in [0.2, 0.25) is 0 Å². The van der Waals surface area contributed by atoms with Gasteiger partial charge in [-0.2, -0.15) is 17.6 Å². The summed E-state index contributed by atoms with van der Waals surface area (Å²) in [5.74, 6) is -0.322. The van der Waals surface area contributed by atoms with Gasteiger partial charge in [-0.15, -0.1) is 12.4 Å². The maximum absolute atomic E-state index is 12.6. The summed E-state index contributed by atoms with van der Waals surface area (Å²) in [5, 5.41) is 0. The number of ether oxygens (including phenoxy) is 1. The molecule has 1 aromatic carbocycles. The van der Waals surface area contributed by atoms with Crippen LogP contribution in [0, 0.1) is 0 Å². The van der Waals surface area contributed by atoms with Crippen molar-refractivity contribution in [2.75, 3.05) is 0 Å². The maximum atomic E-state index is 12.6. The summed E-state index contributed by atoms with van der Waals surface area (Å²) >= 11 is 0. The van der Waals surface area contributed by atoms with Crippen LogP contribution in [0.3, 0.4) is 0 Å². The number of nitrogens with two attached hydrogens (primary N) is 1. The van der Waals surface area contributed by atoms with Gasteiger partial charge in [0.05, 0.1) is 0 Å². The van der Waals surface area contributed by atoms with E-state index in [1.54, 1.807) is 6.07 Å². The predicted octanol–water partition coefficient (Wildman–Crippen LogP) is 3.75. The minimum absolute atomic E-state index is 0. The van der Waals surface area contributed by atoms with Crippen LogP contribution in [0.25, 0.3) is 0 Å². The van der Waals surface area contributed by atoms with Gasteiger partial charge in [-0.25, -0.2) is 0 Å². The number of benzene rings is 1. The van der Waals surface area contributed by atoms with E-state index in [2.05, 4.69) is 4.74 Å². The Hall–Kier alpha value is -1.01. The Balaban J connectivity index is 0.00000289. The van der Waals surface area contributed by atoms with Crippen molar-refractivity contribution in [2.24, 2.45) is 5.73 Å². The zero-order valence-corrected chi connectivity index (χ0v) is 10.4. The minimum Gasteiger partial charge on any atom is -0.428 e. The van der Waals surface area contributed by atoms with Crippen molar-refractivity contribution in [2.45, 2.75) is 31.9 Å². The molecule has 0 radical (unpaired) electrons. The molecule has 2 N–H and O–H groups in total. The molecule has 1 rings (SSSR count). The first-order valence-electron chi connectivity index (χ1n) is 5.07. The molecule has 0 bridgehead atoms. The van der Waals surface area contributed by atoms with Crippen molar-refractivity contribution < 1.29 is 22.3 Å². The third kappa shape index (κ3) is 4.34. The fourth-order valence-electron chi connectivity index (χ4n) is 1.25. The molecule has 0 aliphatic carbocycles. The third-order valence-electron chi connectivity index (χ3n) is 2.23. The highest BCUT2D eigenvalue weighted by molar-refractivity contribution is 5.85. The molecule has 0 heterocycles. The monoisotopic (exact) mass is 287 g/mol. The number of alkyl halides is 4. The van der Waals surface area contributed by atoms with Gasteiger partial charge in [-0.1, -0.05) is 19.1 Å². The summed E-state index contributed by atoms with van der Waals surface area (Å²) < 4.78 is 53.1. The zero-order valence-electron chi connectivity index (χ0n) is 9.58. The molecule has 1 atom stereocenters. The molecule has 0 aromatic heterocycles. The molecule has 0 saturated heterocycles. The topological polar surface area (TPSA) is 35.2 Å². The van der Waals surface area contributed by atoms with E-state index in [1.807, 2.05) is 6.92 Å². The van der Waals surface area contributed by atoms with E-state index in [0.717, 1.165) is 0 Å². The second kappa shape index (κ2) is 6.80. The quantitative estimate of drug-likeness (QED) is 0.837. The summed E-state index contributed by atoms with van der Waals surface area (Å²) in [5.41, 5.74) is 6.26. The van der Waals surface area contributed by atoms with Crippen LogP contribution in [0.15, 0.2) is 24.3 Å². The molecule has 0 unspecified atom stereocenters. The van der Waals surface area contributed by atoms with Crippen molar-refractivity contribution in [1.82, 2.24) is 0 Å². The molecule has 0 aliphatic rings. The van der Waals surface area contributed by atoms with E-state index in [0.29, 0.717) is 12.0 Å². The first-order chi connectivity index (χ1) is 7.86. The lowest BCUT2D eigenvalue weighted by Gasteiger charge is -2.18. The largest absolute Gasteiger partial charge is 0.461 e. The van der Waals surface area contributed by atoms with Crippen molar-refractivity contribution in [3.05, 3.63) is 29.8 Å². The van der Waals surface area contributed by atoms with Crippen LogP contribution in [0.5, 0.6) is 5.75 Å². The predicted molar refractivity (Wildman–Crippen MR) is 62.5 cm³/mol. The Morgan fingerprint density at radius 2 is 1.94 bits per heavy atom. The number of rotatable bonds is 5. The normalized spacial score (nSPS) is 13.1. The van der Waals surface area contributed by atoms with Gasteiger partial charge in [-0.3, -0.25) is 0 Å². The standard InChI is InChI=1S/C11H13F4NO.ClH/c1-2-9(16)7-4-3-5-8(6-7)17-11(14,15)10(12)13;/h3-6,9-10H,2,16H2,1H3;1H/t9-;/m0./s1.